The van der Waals surface area contributed by atoms with E-state index in [-0.39, 0.29) is 6.04 Å². The van der Waals surface area contributed by atoms with Crippen molar-refractivity contribution in [2.45, 2.75) is 13.0 Å². The van der Waals surface area contributed by atoms with E-state index in [1.807, 2.05) is 0 Å². The van der Waals surface area contributed by atoms with Gasteiger partial charge in [0.15, 0.2) is 0 Å². The zero-order valence-electron chi connectivity index (χ0n) is 8.20. The summed E-state index contributed by atoms with van der Waals surface area (Å²) in [4.78, 5) is 4.19. The third-order valence-corrected chi connectivity index (χ3v) is 3.82. The van der Waals surface area contributed by atoms with Crippen molar-refractivity contribution in [1.82, 2.24) is 20.5 Å². The van der Waals surface area contributed by atoms with Crippen molar-refractivity contribution in [3.8, 4) is 0 Å². The lowest BCUT2D eigenvalue weighted by molar-refractivity contribution is 0.599. The molecule has 1 unspecified atom stereocenters. The summed E-state index contributed by atoms with van der Waals surface area (Å²) in [7, 11) is 0. The van der Waals surface area contributed by atoms with Crippen molar-refractivity contribution < 1.29 is 0 Å². The van der Waals surface area contributed by atoms with E-state index in [0.717, 1.165) is 16.8 Å². The Kier molecular flexibility index (Phi) is 3.50. The number of aromatic amines is 1. The fourth-order valence-corrected chi connectivity index (χ4v) is 2.96. The molecule has 0 radical (unpaired) electrons. The van der Waals surface area contributed by atoms with Crippen LogP contribution in [0.2, 0.25) is 0 Å². The van der Waals surface area contributed by atoms with Crippen LogP contribution in [0.4, 0.5) is 0 Å². The Hall–Kier alpha value is -0.720. The number of nitrogens with zero attached hydrogens (tertiary/aromatic N) is 2. The average molecular weight is 287 g/mol. The van der Waals surface area contributed by atoms with Gasteiger partial charge in [0.2, 0.25) is 0 Å². The van der Waals surface area contributed by atoms with Crippen molar-refractivity contribution in [2.24, 2.45) is 0 Å². The molecule has 0 aromatic carbocycles. The molecule has 0 aliphatic heterocycles. The summed E-state index contributed by atoms with van der Waals surface area (Å²) in [6, 6.07) is 0.0816. The van der Waals surface area contributed by atoms with Gasteiger partial charge in [0.25, 0.3) is 0 Å². The van der Waals surface area contributed by atoms with E-state index in [4.69, 9.17) is 0 Å². The van der Waals surface area contributed by atoms with E-state index in [0.29, 0.717) is 0 Å². The Labute approximate surface area is 100 Å². The lowest BCUT2D eigenvalue weighted by Gasteiger charge is -2.14. The van der Waals surface area contributed by atoms with E-state index >= 15 is 0 Å². The van der Waals surface area contributed by atoms with Crippen molar-refractivity contribution in [1.29, 1.82) is 0 Å². The molecule has 4 nitrogen and oxygen atoms in total. The summed E-state index contributed by atoms with van der Waals surface area (Å²) in [6.07, 6.45) is 1.53. The van der Waals surface area contributed by atoms with Gasteiger partial charge in [-0.15, -0.1) is 0 Å². The molecule has 0 aliphatic rings. The minimum Gasteiger partial charge on any atom is -0.304 e. The van der Waals surface area contributed by atoms with Crippen molar-refractivity contribution >= 4 is 27.3 Å². The summed E-state index contributed by atoms with van der Waals surface area (Å²) in [5.74, 6) is 0.843. The van der Waals surface area contributed by atoms with Gasteiger partial charge >= 0.3 is 0 Å². The van der Waals surface area contributed by atoms with Crippen LogP contribution in [0.25, 0.3) is 0 Å². The van der Waals surface area contributed by atoms with E-state index in [1.165, 1.54) is 11.9 Å². The van der Waals surface area contributed by atoms with Gasteiger partial charge in [-0.25, -0.2) is 4.98 Å². The molecule has 0 aliphatic carbocycles. The van der Waals surface area contributed by atoms with E-state index in [2.05, 4.69) is 54.1 Å². The Morgan fingerprint density at radius 3 is 3.00 bits per heavy atom. The van der Waals surface area contributed by atoms with Gasteiger partial charge in [-0.05, 0) is 27.9 Å². The molecular formula is C9H11BrN4S. The minimum atomic E-state index is 0.0816. The maximum absolute atomic E-state index is 4.19. The monoisotopic (exact) mass is 286 g/mol. The van der Waals surface area contributed by atoms with Gasteiger partial charge in [0.1, 0.15) is 12.2 Å². The Morgan fingerprint density at radius 2 is 2.47 bits per heavy atom. The molecule has 0 bridgehead atoms. The fourth-order valence-electron chi connectivity index (χ4n) is 1.41. The maximum Gasteiger partial charge on any atom is 0.146 e. The molecule has 2 aromatic heterocycles. The largest absolute Gasteiger partial charge is 0.304 e. The lowest BCUT2D eigenvalue weighted by atomic mass is 10.1. The zero-order chi connectivity index (χ0) is 10.7. The molecule has 2 heterocycles. The molecule has 0 saturated heterocycles. The van der Waals surface area contributed by atoms with Crippen molar-refractivity contribution in [2.75, 3.05) is 6.54 Å². The highest BCUT2D eigenvalue weighted by Gasteiger charge is 2.18. The summed E-state index contributed by atoms with van der Waals surface area (Å²) >= 11 is 5.20. The first-order chi connectivity index (χ1) is 7.33. The van der Waals surface area contributed by atoms with Crippen LogP contribution in [0, 0.1) is 0 Å². The van der Waals surface area contributed by atoms with Crippen LogP contribution in [0.3, 0.4) is 0 Å². The molecule has 2 rings (SSSR count). The fraction of sp³-hybridized carbons (Fsp3) is 0.333. The summed E-state index contributed by atoms with van der Waals surface area (Å²) in [6.45, 7) is 2.96. The quantitative estimate of drug-likeness (QED) is 0.907. The highest BCUT2D eigenvalue weighted by Crippen LogP contribution is 2.29. The minimum absolute atomic E-state index is 0.0816. The van der Waals surface area contributed by atoms with Gasteiger partial charge < -0.3 is 5.32 Å². The average Bonchev–Trinajstić information content (AvgIpc) is 2.85. The van der Waals surface area contributed by atoms with Gasteiger partial charge in [0, 0.05) is 15.4 Å². The Morgan fingerprint density at radius 1 is 1.60 bits per heavy atom. The van der Waals surface area contributed by atoms with Gasteiger partial charge in [-0.2, -0.15) is 16.4 Å². The number of aromatic nitrogens is 3. The predicted octanol–water partition coefficient (Wildman–Crippen LogP) is 2.33. The molecule has 0 spiro atoms. The number of thiophene rings is 1. The van der Waals surface area contributed by atoms with E-state index < -0.39 is 0 Å². The topological polar surface area (TPSA) is 53.6 Å². The standard InChI is InChI=1S/C9H11BrN4S/c1-2-11-8(9-12-5-13-14-9)6-3-15-4-7(6)10/h3-5,8,11H,2H2,1H3,(H,12,13,14). The van der Waals surface area contributed by atoms with Crippen LogP contribution < -0.4 is 5.32 Å². The van der Waals surface area contributed by atoms with E-state index in [1.54, 1.807) is 11.3 Å². The van der Waals surface area contributed by atoms with Crippen LogP contribution in [0.1, 0.15) is 24.4 Å². The van der Waals surface area contributed by atoms with Crippen LogP contribution >= 0.6 is 27.3 Å². The van der Waals surface area contributed by atoms with Gasteiger partial charge in [-0.3, -0.25) is 5.10 Å². The number of rotatable bonds is 4. The second-order valence-electron chi connectivity index (χ2n) is 3.04. The summed E-state index contributed by atoms with van der Waals surface area (Å²) < 4.78 is 1.11. The molecule has 0 saturated carbocycles. The molecule has 1 atom stereocenters. The SMILES string of the molecule is CCNC(c1ncn[nH]1)c1cscc1Br. The van der Waals surface area contributed by atoms with Gasteiger partial charge in [0.05, 0.1) is 6.04 Å². The third-order valence-electron chi connectivity index (χ3n) is 2.07. The molecule has 2 N–H and O–H groups in total. The number of halogens is 1. The second kappa shape index (κ2) is 4.87. The van der Waals surface area contributed by atoms with Crippen molar-refractivity contribution in [3.05, 3.63) is 32.9 Å². The first-order valence-corrected chi connectivity index (χ1v) is 6.36. The number of nitrogens with one attached hydrogen (secondary N) is 2. The molecule has 80 valence electrons. The summed E-state index contributed by atoms with van der Waals surface area (Å²) in [5.41, 5.74) is 1.19. The number of hydrogen-bond donors (Lipinski definition) is 2. The number of hydrogen-bond acceptors (Lipinski definition) is 4. The normalized spacial score (nSPS) is 12.9. The lowest BCUT2D eigenvalue weighted by Crippen LogP contribution is -2.23. The predicted molar refractivity (Wildman–Crippen MR) is 63.9 cm³/mol. The van der Waals surface area contributed by atoms with E-state index in [9.17, 15) is 0 Å². The summed E-state index contributed by atoms with van der Waals surface area (Å²) in [5, 5.41) is 14.3. The smallest absolute Gasteiger partial charge is 0.146 e. The molecular weight excluding hydrogens is 276 g/mol. The highest BCUT2D eigenvalue weighted by atomic mass is 79.9. The first-order valence-electron chi connectivity index (χ1n) is 4.63. The first kappa shape index (κ1) is 10.8. The van der Waals surface area contributed by atoms with Gasteiger partial charge in [-0.1, -0.05) is 6.92 Å². The molecule has 0 amide bonds. The second-order valence-corrected chi connectivity index (χ2v) is 4.63. The molecule has 15 heavy (non-hydrogen) atoms. The molecule has 0 fully saturated rings. The van der Waals surface area contributed by atoms with Crippen LogP contribution in [0.5, 0.6) is 0 Å². The Bertz CT molecular complexity index is 411. The van der Waals surface area contributed by atoms with Crippen LogP contribution in [0.15, 0.2) is 21.6 Å². The molecule has 6 heteroatoms. The maximum atomic E-state index is 4.19. The Balaban J connectivity index is 2.32. The zero-order valence-corrected chi connectivity index (χ0v) is 10.6. The third kappa shape index (κ3) is 2.27. The highest BCUT2D eigenvalue weighted by molar-refractivity contribution is 9.10. The van der Waals surface area contributed by atoms with Crippen LogP contribution in [-0.4, -0.2) is 21.7 Å². The van der Waals surface area contributed by atoms with Crippen molar-refractivity contribution in [3.63, 3.8) is 0 Å². The van der Waals surface area contributed by atoms with Crippen LogP contribution in [-0.2, 0) is 0 Å². The number of H-pyrrole nitrogens is 1. The molecule has 2 aromatic rings.